The average Bonchev–Trinajstić information content (AvgIpc) is 2.87. The number of piperidine rings is 1. The summed E-state index contributed by atoms with van der Waals surface area (Å²) in [5.74, 6) is -2.37. The van der Waals surface area contributed by atoms with Crippen LogP contribution in [0.5, 0.6) is 5.75 Å². The molecule has 8 nitrogen and oxygen atoms in total. The molecular formula is C28H36ClN5O3S. The van der Waals surface area contributed by atoms with Gasteiger partial charge in [0.1, 0.15) is 10.8 Å². The molecule has 0 aliphatic carbocycles. The zero-order chi connectivity index (χ0) is 36.3. The van der Waals surface area contributed by atoms with Crippen LogP contribution in [0.1, 0.15) is 71.3 Å². The molecule has 3 N–H and O–H groups in total. The first kappa shape index (κ1) is 17.7. The number of hydrogen-bond acceptors (Lipinski definition) is 8. The number of aryl methyl sites for hydroxylation is 1. The maximum absolute atomic E-state index is 13.1. The molecule has 0 bridgehead atoms. The maximum Gasteiger partial charge on any atom is 0.229 e. The van der Waals surface area contributed by atoms with Gasteiger partial charge in [0.2, 0.25) is 5.95 Å². The monoisotopic (exact) mass is 567 g/mol. The molecule has 1 aromatic heterocycles. The van der Waals surface area contributed by atoms with Crippen LogP contribution in [0.15, 0.2) is 47.5 Å². The van der Waals surface area contributed by atoms with Gasteiger partial charge < -0.3 is 20.7 Å². The summed E-state index contributed by atoms with van der Waals surface area (Å²) in [6, 6.07) is 8.24. The summed E-state index contributed by atoms with van der Waals surface area (Å²) in [5, 5.41) is 6.07. The van der Waals surface area contributed by atoms with Gasteiger partial charge in [0.15, 0.2) is 15.7 Å². The quantitative estimate of drug-likeness (QED) is 0.274. The van der Waals surface area contributed by atoms with Crippen molar-refractivity contribution in [1.29, 1.82) is 0 Å². The van der Waals surface area contributed by atoms with Gasteiger partial charge >= 0.3 is 0 Å². The molecule has 38 heavy (non-hydrogen) atoms. The van der Waals surface area contributed by atoms with Crippen LogP contribution >= 0.6 is 11.6 Å². The zero-order valence-electron chi connectivity index (χ0n) is 31.4. The number of benzene rings is 2. The topological polar surface area (TPSA) is 105 Å². The molecule has 0 radical (unpaired) electrons. The number of rotatable bonds is 9. The Morgan fingerprint density at radius 1 is 1.18 bits per heavy atom. The van der Waals surface area contributed by atoms with Gasteiger partial charge in [0, 0.05) is 12.3 Å². The summed E-state index contributed by atoms with van der Waals surface area (Å²) in [7, 11) is -4.13. The highest BCUT2D eigenvalue weighted by Gasteiger charge is 2.24. The fourth-order valence-electron chi connectivity index (χ4n) is 3.68. The number of ether oxygens (including phenoxy) is 1. The molecule has 1 aliphatic rings. The highest BCUT2D eigenvalue weighted by atomic mass is 35.5. The van der Waals surface area contributed by atoms with E-state index in [-0.39, 0.29) is 49.9 Å². The number of anilines is 4. The Bertz CT molecular complexity index is 1800. The van der Waals surface area contributed by atoms with E-state index in [0.29, 0.717) is 0 Å². The predicted octanol–water partition coefficient (Wildman–Crippen LogP) is 6.36. The second-order valence-electron chi connectivity index (χ2n) is 8.89. The summed E-state index contributed by atoms with van der Waals surface area (Å²) in [5.41, 5.74) is -0.536. The van der Waals surface area contributed by atoms with Crippen molar-refractivity contribution in [3.05, 3.63) is 58.7 Å². The van der Waals surface area contributed by atoms with E-state index in [0.717, 1.165) is 6.07 Å². The number of hydrogen-bond donors (Lipinski definition) is 3. The molecule has 0 amide bonds. The van der Waals surface area contributed by atoms with E-state index in [4.69, 9.17) is 28.7 Å². The molecule has 0 spiro atoms. The van der Waals surface area contributed by atoms with Crippen LogP contribution in [0, 0.1) is 6.85 Å². The number of sulfone groups is 1. The first-order valence-electron chi connectivity index (χ1n) is 16.7. The van der Waals surface area contributed by atoms with Gasteiger partial charge in [-0.15, -0.1) is 0 Å². The van der Waals surface area contributed by atoms with Crippen molar-refractivity contribution in [2.75, 3.05) is 23.6 Å². The van der Waals surface area contributed by atoms with Crippen molar-refractivity contribution >= 4 is 44.6 Å². The fraction of sp³-hybridized carbons (Fsp3) is 0.429. The van der Waals surface area contributed by atoms with Crippen molar-refractivity contribution in [1.82, 2.24) is 15.3 Å². The lowest BCUT2D eigenvalue weighted by molar-refractivity contribution is 0.243. The number of nitrogens with zero attached hydrogens (tertiary/aromatic N) is 2. The number of halogens is 1. The molecular weight excluding hydrogens is 522 g/mol. The molecule has 0 atom stereocenters. The summed E-state index contributed by atoms with van der Waals surface area (Å²) < 4.78 is 115. The van der Waals surface area contributed by atoms with E-state index in [2.05, 4.69) is 25.9 Å². The van der Waals surface area contributed by atoms with Crippen LogP contribution in [0.3, 0.4) is 0 Å². The Hall–Kier alpha value is -2.88. The van der Waals surface area contributed by atoms with E-state index in [1.165, 1.54) is 58.2 Å². The minimum atomic E-state index is -4.13. The van der Waals surface area contributed by atoms with Gasteiger partial charge in [-0.05, 0) is 102 Å². The molecule has 10 heteroatoms. The second kappa shape index (κ2) is 11.9. The maximum atomic E-state index is 13.1. The highest BCUT2D eigenvalue weighted by molar-refractivity contribution is 7.92. The van der Waals surface area contributed by atoms with E-state index < -0.39 is 59.7 Å². The minimum absolute atomic E-state index is 0.00854. The van der Waals surface area contributed by atoms with Crippen molar-refractivity contribution < 1.29 is 26.9 Å². The Morgan fingerprint density at radius 2 is 1.92 bits per heavy atom. The van der Waals surface area contributed by atoms with Crippen LogP contribution in [0.4, 0.5) is 23.1 Å². The van der Waals surface area contributed by atoms with Crippen LogP contribution in [-0.2, 0) is 9.84 Å². The summed E-state index contributed by atoms with van der Waals surface area (Å²) >= 11 is 6.36. The summed E-state index contributed by atoms with van der Waals surface area (Å²) in [6.45, 7) is -2.24. The molecule has 3 aromatic rings. The summed E-state index contributed by atoms with van der Waals surface area (Å²) in [4.78, 5) is 8.33. The SMILES string of the molecule is [2H]C1([2H])CC([2H])(c2cc(OC([2H])(C)C)c(Nc3ncc(Cl)c(Nc4ccccc4S(=O)(=O)C([2H])(C)C)n3)cc2C([2H])([2H])[2H])CC([2H])([2H])N1. The fourth-order valence-corrected chi connectivity index (χ4v) is 4.92. The number of nitrogens with one attached hydrogen (secondary N) is 3. The molecule has 1 aliphatic heterocycles. The zero-order valence-corrected chi connectivity index (χ0v) is 22.9. The van der Waals surface area contributed by atoms with Crippen LogP contribution in [-0.4, -0.2) is 42.7 Å². The van der Waals surface area contributed by atoms with E-state index in [1.54, 1.807) is 6.07 Å². The average molecular weight is 568 g/mol. The molecule has 1 fully saturated rings. The van der Waals surface area contributed by atoms with Crippen molar-refractivity contribution in [2.24, 2.45) is 0 Å². The van der Waals surface area contributed by atoms with Gasteiger partial charge in [-0.2, -0.15) is 4.98 Å². The minimum Gasteiger partial charge on any atom is -0.489 e. The van der Waals surface area contributed by atoms with Gasteiger partial charge in [0.25, 0.3) is 0 Å². The van der Waals surface area contributed by atoms with E-state index in [1.807, 2.05) is 0 Å². The third-order valence-corrected chi connectivity index (χ3v) is 7.84. The van der Waals surface area contributed by atoms with Crippen molar-refractivity contribution in [3.8, 4) is 5.75 Å². The molecule has 204 valence electrons. The standard InChI is InChI=1S/C28H36ClN5O3S/c1-17(2)37-25-15-21(20-10-12-30-13-11-20)19(5)14-24(25)33-28-31-16-22(29)27(34-28)32-23-8-6-7-9-26(23)38(35,36)18(3)4/h6-9,14-18,20,30H,10-13H2,1-5H3,(H2,31,32,33,34)/i5D3,12D2,13D2,17D,18D,20D. The third-order valence-electron chi connectivity index (χ3n) is 5.55. The van der Waals surface area contributed by atoms with Crippen LogP contribution < -0.4 is 20.7 Å². The van der Waals surface area contributed by atoms with Gasteiger partial charge in [-0.25, -0.2) is 13.4 Å². The number of aromatic nitrogens is 2. The Morgan fingerprint density at radius 3 is 2.61 bits per heavy atom. The summed E-state index contributed by atoms with van der Waals surface area (Å²) in [6.07, 6.45) is -1.54. The van der Waals surface area contributed by atoms with Gasteiger partial charge in [-0.3, -0.25) is 0 Å². The highest BCUT2D eigenvalue weighted by Crippen LogP contribution is 2.37. The predicted molar refractivity (Wildman–Crippen MR) is 154 cm³/mol. The van der Waals surface area contributed by atoms with Crippen LogP contribution in [0.2, 0.25) is 5.02 Å². The molecule has 1 saturated heterocycles. The molecule has 0 saturated carbocycles. The van der Waals surface area contributed by atoms with Crippen LogP contribution in [0.25, 0.3) is 0 Å². The lowest BCUT2D eigenvalue weighted by Gasteiger charge is -2.26. The van der Waals surface area contributed by atoms with Crippen molar-refractivity contribution in [3.63, 3.8) is 0 Å². The first-order chi connectivity index (χ1) is 21.6. The Kier molecular flexibility index (Phi) is 5.52. The largest absolute Gasteiger partial charge is 0.489 e. The lowest BCUT2D eigenvalue weighted by Crippen LogP contribution is -2.27. The first-order valence-corrected chi connectivity index (χ1v) is 13.6. The Balaban J connectivity index is 1.84. The lowest BCUT2D eigenvalue weighted by atomic mass is 9.87. The van der Waals surface area contributed by atoms with E-state index >= 15 is 0 Å². The number of para-hydroxylation sites is 1. The van der Waals surface area contributed by atoms with Gasteiger partial charge in [0.05, 0.1) is 35.1 Å². The smallest absolute Gasteiger partial charge is 0.229 e. The molecule has 4 rings (SSSR count). The second-order valence-corrected chi connectivity index (χ2v) is 11.6. The van der Waals surface area contributed by atoms with E-state index in [9.17, 15) is 9.79 Å². The molecule has 2 aromatic carbocycles. The normalized spacial score (nSPS) is 22.9. The molecule has 2 heterocycles. The van der Waals surface area contributed by atoms with Gasteiger partial charge in [-0.1, -0.05) is 23.7 Å². The Labute approximate surface area is 244 Å². The van der Waals surface area contributed by atoms with Crippen molar-refractivity contribution in [2.45, 2.75) is 69.5 Å². The third kappa shape index (κ3) is 6.39. The molecule has 0 unspecified atom stereocenters.